The Morgan fingerprint density at radius 1 is 1.02 bits per heavy atom. The van der Waals surface area contributed by atoms with Gasteiger partial charge in [0.15, 0.2) is 11.5 Å². The number of pyridine rings is 1. The van der Waals surface area contributed by atoms with Crippen LogP contribution in [-0.2, 0) is 9.59 Å². The highest BCUT2D eigenvalue weighted by Crippen LogP contribution is 2.38. The zero-order valence-corrected chi connectivity index (χ0v) is 20.3. The van der Waals surface area contributed by atoms with E-state index in [0.717, 1.165) is 29.7 Å². The lowest BCUT2D eigenvalue weighted by atomic mass is 9.87. The number of carboxylic acids is 1. The molecule has 3 aromatic rings. The fourth-order valence-corrected chi connectivity index (χ4v) is 4.19. The van der Waals surface area contributed by atoms with E-state index < -0.39 is 30.2 Å². The minimum Gasteiger partial charge on any atom is -0.475 e. The molecule has 1 aromatic carbocycles. The minimum atomic E-state index is -5.08. The number of aliphatic carboxylic acids is 1. The number of carbonyl (C=O) groups is 2. The molecule has 0 aliphatic carbocycles. The van der Waals surface area contributed by atoms with Crippen molar-refractivity contribution in [3.8, 4) is 11.4 Å². The number of nitrogens with zero attached hydrogens (tertiary/aromatic N) is 4. The van der Waals surface area contributed by atoms with Crippen LogP contribution in [0.15, 0.2) is 48.9 Å². The fraction of sp³-hybridized carbons (Fsp3) is 0.333. The lowest BCUT2D eigenvalue weighted by molar-refractivity contribution is -0.274. The maximum absolute atomic E-state index is 13.2. The first-order chi connectivity index (χ1) is 18.7. The Kier molecular flexibility index (Phi) is 7.74. The summed E-state index contributed by atoms with van der Waals surface area (Å²) < 4.78 is 88.0. The maximum Gasteiger partial charge on any atom is 0.573 e. The molecule has 214 valence electrons. The molecule has 2 N–H and O–H groups in total. The molecule has 2 aromatic heterocycles. The first-order valence-electron chi connectivity index (χ1n) is 11.5. The molecule has 2 saturated heterocycles. The third-order valence-corrected chi connectivity index (χ3v) is 6.19. The van der Waals surface area contributed by atoms with Gasteiger partial charge in [0, 0.05) is 49.6 Å². The summed E-state index contributed by atoms with van der Waals surface area (Å²) in [6.45, 7) is 5.27. The van der Waals surface area contributed by atoms with Crippen LogP contribution in [0.3, 0.4) is 0 Å². The number of alkyl halides is 6. The predicted molar refractivity (Wildman–Crippen MR) is 124 cm³/mol. The van der Waals surface area contributed by atoms with E-state index in [0.29, 0.717) is 24.4 Å². The normalized spacial score (nSPS) is 16.0. The van der Waals surface area contributed by atoms with Gasteiger partial charge < -0.3 is 20.1 Å². The monoisotopic (exact) mass is 575 g/mol. The van der Waals surface area contributed by atoms with Gasteiger partial charge in [-0.05, 0) is 35.9 Å². The van der Waals surface area contributed by atoms with Crippen molar-refractivity contribution < 1.29 is 50.2 Å². The van der Waals surface area contributed by atoms with E-state index in [1.54, 1.807) is 10.9 Å². The number of hydrogen-bond acceptors (Lipinski definition) is 6. The van der Waals surface area contributed by atoms with Crippen LogP contribution in [0.5, 0.6) is 5.75 Å². The standard InChI is InChI=1S/C22H19F4N5O2.C2HF3O2/c1-12(23)21(32)30-10-14(11-30)19-18-17(13-8-27-9-13)6-7-28-20(18)31(29-19)15-2-4-16(5-3-15)33-22(24,25)26;3-2(4,5)1(6)7/h2-7,13-14,27H,1,8-11H2;(H,6,7). The third-order valence-electron chi connectivity index (χ3n) is 6.19. The molecule has 0 radical (unpaired) electrons. The van der Waals surface area contributed by atoms with E-state index in [9.17, 15) is 35.5 Å². The fourth-order valence-electron chi connectivity index (χ4n) is 4.19. The molecular formula is C24H20F7N5O4. The van der Waals surface area contributed by atoms with E-state index in [4.69, 9.17) is 15.0 Å². The summed E-state index contributed by atoms with van der Waals surface area (Å²) in [7, 11) is 0. The molecule has 0 bridgehead atoms. The van der Waals surface area contributed by atoms with Gasteiger partial charge in [-0.15, -0.1) is 13.2 Å². The number of rotatable bonds is 5. The molecule has 0 atom stereocenters. The quantitative estimate of drug-likeness (QED) is 0.349. The zero-order chi connectivity index (χ0) is 29.4. The molecule has 9 nitrogen and oxygen atoms in total. The van der Waals surface area contributed by atoms with Crippen LogP contribution < -0.4 is 10.1 Å². The average molecular weight is 575 g/mol. The van der Waals surface area contributed by atoms with Crippen molar-refractivity contribution in [3.63, 3.8) is 0 Å². The number of aromatic nitrogens is 3. The molecule has 0 unspecified atom stereocenters. The second-order valence-corrected chi connectivity index (χ2v) is 8.91. The van der Waals surface area contributed by atoms with Crippen LogP contribution in [-0.4, -0.2) is 75.4 Å². The minimum absolute atomic E-state index is 0.124. The summed E-state index contributed by atoms with van der Waals surface area (Å²) >= 11 is 0. The molecule has 4 heterocycles. The number of likely N-dealkylation sites (tertiary alicyclic amines) is 1. The number of hydrogen-bond donors (Lipinski definition) is 2. The first-order valence-corrected chi connectivity index (χ1v) is 11.5. The Hall–Kier alpha value is -4.21. The number of halogens is 7. The topological polar surface area (TPSA) is 110 Å². The van der Waals surface area contributed by atoms with Crippen LogP contribution in [0.2, 0.25) is 0 Å². The van der Waals surface area contributed by atoms with Crippen molar-refractivity contribution >= 4 is 22.9 Å². The Morgan fingerprint density at radius 2 is 1.62 bits per heavy atom. The summed E-state index contributed by atoms with van der Waals surface area (Å²) in [6, 6.07) is 7.31. The van der Waals surface area contributed by atoms with Gasteiger partial charge in [-0.1, -0.05) is 6.58 Å². The van der Waals surface area contributed by atoms with Crippen LogP contribution in [0.1, 0.15) is 23.1 Å². The molecular weight excluding hydrogens is 555 g/mol. The SMILES string of the molecule is C=C(F)C(=O)N1CC(c2nn(-c3ccc(OC(F)(F)F)cc3)c3nccc(C4CNC4)c23)C1.O=C(O)C(F)(F)F. The van der Waals surface area contributed by atoms with Crippen LogP contribution in [0.25, 0.3) is 16.7 Å². The molecule has 16 heteroatoms. The van der Waals surface area contributed by atoms with Crippen molar-refractivity contribution in [1.29, 1.82) is 0 Å². The van der Waals surface area contributed by atoms with Crippen LogP contribution in [0.4, 0.5) is 30.7 Å². The number of carboxylic acid groups (broad SMARTS) is 1. The van der Waals surface area contributed by atoms with Gasteiger partial charge in [0.2, 0.25) is 0 Å². The van der Waals surface area contributed by atoms with Crippen molar-refractivity contribution in [1.82, 2.24) is 25.0 Å². The van der Waals surface area contributed by atoms with Crippen LogP contribution >= 0.6 is 0 Å². The molecule has 2 fully saturated rings. The highest BCUT2D eigenvalue weighted by molar-refractivity contribution is 5.92. The summed E-state index contributed by atoms with van der Waals surface area (Å²) in [6.07, 6.45) is -8.18. The Balaban J connectivity index is 0.000000470. The number of carbonyl (C=O) groups excluding carboxylic acids is 1. The maximum atomic E-state index is 13.2. The van der Waals surface area contributed by atoms with Gasteiger partial charge in [0.05, 0.1) is 11.4 Å². The summed E-state index contributed by atoms with van der Waals surface area (Å²) in [4.78, 5) is 26.6. The Labute approximate surface area is 220 Å². The second-order valence-electron chi connectivity index (χ2n) is 8.91. The number of amides is 1. The van der Waals surface area contributed by atoms with Gasteiger partial charge in [0.1, 0.15) is 5.75 Å². The van der Waals surface area contributed by atoms with Gasteiger partial charge in [0.25, 0.3) is 5.91 Å². The first kappa shape index (κ1) is 28.8. The van der Waals surface area contributed by atoms with E-state index in [1.807, 2.05) is 6.07 Å². The van der Waals surface area contributed by atoms with E-state index >= 15 is 0 Å². The summed E-state index contributed by atoms with van der Waals surface area (Å²) in [5.74, 6) is -4.69. The van der Waals surface area contributed by atoms with Gasteiger partial charge in [-0.25, -0.2) is 18.9 Å². The average Bonchev–Trinajstić information content (AvgIpc) is 3.16. The van der Waals surface area contributed by atoms with Gasteiger partial charge in [-0.2, -0.15) is 18.3 Å². The highest BCUT2D eigenvalue weighted by atomic mass is 19.4. The molecule has 0 spiro atoms. The molecule has 0 saturated carbocycles. The van der Waals surface area contributed by atoms with Crippen molar-refractivity contribution in [3.05, 3.63) is 60.2 Å². The van der Waals surface area contributed by atoms with Crippen LogP contribution in [0, 0.1) is 0 Å². The highest BCUT2D eigenvalue weighted by Gasteiger charge is 2.39. The number of ether oxygens (including phenoxy) is 1. The number of benzene rings is 1. The molecule has 5 rings (SSSR count). The number of fused-ring (bicyclic) bond motifs is 1. The van der Waals surface area contributed by atoms with Gasteiger partial charge in [-0.3, -0.25) is 4.79 Å². The third kappa shape index (κ3) is 6.16. The largest absolute Gasteiger partial charge is 0.573 e. The van der Waals surface area contributed by atoms with Crippen molar-refractivity contribution in [2.75, 3.05) is 26.2 Å². The molecule has 40 heavy (non-hydrogen) atoms. The smallest absolute Gasteiger partial charge is 0.475 e. The lowest BCUT2D eigenvalue weighted by Gasteiger charge is -2.38. The summed E-state index contributed by atoms with van der Waals surface area (Å²) in [5.41, 5.74) is 2.88. The van der Waals surface area contributed by atoms with Crippen molar-refractivity contribution in [2.45, 2.75) is 24.4 Å². The number of nitrogens with one attached hydrogen (secondary N) is 1. The molecule has 2 aliphatic heterocycles. The van der Waals surface area contributed by atoms with Gasteiger partial charge >= 0.3 is 18.5 Å². The molecule has 2 aliphatic rings. The Morgan fingerprint density at radius 3 is 2.10 bits per heavy atom. The lowest BCUT2D eigenvalue weighted by Crippen LogP contribution is -2.48. The molecule has 1 amide bonds. The second kappa shape index (κ2) is 10.7. The van der Waals surface area contributed by atoms with E-state index in [-0.39, 0.29) is 17.6 Å². The Bertz CT molecular complexity index is 1430. The van der Waals surface area contributed by atoms with Crippen molar-refractivity contribution in [2.24, 2.45) is 0 Å². The predicted octanol–water partition coefficient (Wildman–Crippen LogP) is 4.05. The van der Waals surface area contributed by atoms with E-state index in [1.165, 1.54) is 29.2 Å². The zero-order valence-electron chi connectivity index (χ0n) is 20.3. The summed E-state index contributed by atoms with van der Waals surface area (Å²) in [5, 5.41) is 16.0. The van der Waals surface area contributed by atoms with E-state index in [2.05, 4.69) is 21.6 Å².